The van der Waals surface area contributed by atoms with Crippen LogP contribution in [0.2, 0.25) is 5.15 Å². The van der Waals surface area contributed by atoms with E-state index in [9.17, 15) is 4.79 Å². The molecular weight excluding hydrogens is 190 g/mol. The van der Waals surface area contributed by atoms with Gasteiger partial charge in [-0.2, -0.15) is 5.10 Å². The van der Waals surface area contributed by atoms with Crippen LogP contribution in [0.25, 0.3) is 10.9 Å². The molecule has 0 aromatic carbocycles. The highest BCUT2D eigenvalue weighted by molar-refractivity contribution is 6.30. The van der Waals surface area contributed by atoms with Gasteiger partial charge in [-0.1, -0.05) is 11.6 Å². The van der Waals surface area contributed by atoms with Gasteiger partial charge in [-0.05, 0) is 18.6 Å². The Morgan fingerprint density at radius 1 is 1.54 bits per heavy atom. The molecule has 0 aliphatic carbocycles. The van der Waals surface area contributed by atoms with Crippen LogP contribution >= 0.6 is 11.6 Å². The van der Waals surface area contributed by atoms with Gasteiger partial charge in [-0.15, -0.1) is 0 Å². The molecule has 0 saturated carbocycles. The molecule has 13 heavy (non-hydrogen) atoms. The lowest BCUT2D eigenvalue weighted by molar-refractivity contribution is 1.00. The van der Waals surface area contributed by atoms with Gasteiger partial charge in [0, 0.05) is 0 Å². The molecule has 5 heteroatoms. The molecule has 2 aromatic rings. The molecular formula is C8H6ClN3O. The van der Waals surface area contributed by atoms with Crippen LogP contribution in [0.1, 0.15) is 5.56 Å². The van der Waals surface area contributed by atoms with Crippen LogP contribution in [-0.4, -0.2) is 15.2 Å². The summed E-state index contributed by atoms with van der Waals surface area (Å²) in [5.41, 5.74) is 1.05. The fourth-order valence-corrected chi connectivity index (χ4v) is 1.24. The first-order chi connectivity index (χ1) is 6.18. The molecule has 0 unspecified atom stereocenters. The van der Waals surface area contributed by atoms with Crippen molar-refractivity contribution in [2.45, 2.75) is 6.92 Å². The van der Waals surface area contributed by atoms with Crippen molar-refractivity contribution in [2.75, 3.05) is 0 Å². The van der Waals surface area contributed by atoms with E-state index >= 15 is 0 Å². The van der Waals surface area contributed by atoms with E-state index in [1.807, 2.05) is 0 Å². The van der Waals surface area contributed by atoms with Crippen molar-refractivity contribution in [2.24, 2.45) is 0 Å². The highest BCUT2D eigenvalue weighted by atomic mass is 35.5. The second-order valence-corrected chi connectivity index (χ2v) is 3.09. The molecule has 0 aliphatic heterocycles. The van der Waals surface area contributed by atoms with Gasteiger partial charge in [-0.25, -0.2) is 10.1 Å². The number of halogens is 1. The zero-order valence-corrected chi connectivity index (χ0v) is 7.59. The number of rotatable bonds is 0. The number of H-pyrrole nitrogens is 1. The smallest absolute Gasteiger partial charge is 0.267 e. The van der Waals surface area contributed by atoms with E-state index in [4.69, 9.17) is 11.6 Å². The summed E-state index contributed by atoms with van der Waals surface area (Å²) in [5, 5.41) is 6.87. The lowest BCUT2D eigenvalue weighted by atomic mass is 10.2. The van der Waals surface area contributed by atoms with E-state index in [-0.39, 0.29) is 5.56 Å². The summed E-state index contributed by atoms with van der Waals surface area (Å²) in [5.74, 6) is 0. The maximum atomic E-state index is 11.2. The van der Waals surface area contributed by atoms with Crippen LogP contribution in [0.4, 0.5) is 0 Å². The lowest BCUT2D eigenvalue weighted by Gasteiger charge is -1.98. The van der Waals surface area contributed by atoms with Gasteiger partial charge in [-0.3, -0.25) is 4.79 Å². The van der Waals surface area contributed by atoms with Crippen LogP contribution in [0.5, 0.6) is 0 Å². The topological polar surface area (TPSA) is 58.6 Å². The number of nitrogens with one attached hydrogen (secondary N) is 1. The molecule has 0 fully saturated rings. The SMILES string of the molecule is Cc1cc2c(=O)[nH]ncc2nc1Cl. The summed E-state index contributed by atoms with van der Waals surface area (Å²) < 4.78 is 0. The summed E-state index contributed by atoms with van der Waals surface area (Å²) in [7, 11) is 0. The van der Waals surface area contributed by atoms with Gasteiger partial charge in [0.05, 0.1) is 17.1 Å². The largest absolute Gasteiger partial charge is 0.273 e. The molecule has 2 aromatic heterocycles. The molecule has 1 N–H and O–H groups in total. The molecule has 0 spiro atoms. The molecule has 0 amide bonds. The Kier molecular flexibility index (Phi) is 1.77. The Hall–Kier alpha value is -1.42. The zero-order chi connectivity index (χ0) is 9.42. The number of aryl methyl sites for hydroxylation is 1. The van der Waals surface area contributed by atoms with Crippen LogP contribution in [0, 0.1) is 6.92 Å². The number of pyridine rings is 1. The zero-order valence-electron chi connectivity index (χ0n) is 6.84. The van der Waals surface area contributed by atoms with E-state index in [1.165, 1.54) is 6.20 Å². The third-order valence-electron chi connectivity index (χ3n) is 1.78. The van der Waals surface area contributed by atoms with Crippen molar-refractivity contribution in [1.29, 1.82) is 0 Å². The fourth-order valence-electron chi connectivity index (χ4n) is 1.10. The molecule has 4 nitrogen and oxygen atoms in total. The maximum absolute atomic E-state index is 11.2. The van der Waals surface area contributed by atoms with E-state index in [0.717, 1.165) is 5.56 Å². The third kappa shape index (κ3) is 1.29. The number of fused-ring (bicyclic) bond motifs is 1. The molecule has 0 saturated heterocycles. The summed E-state index contributed by atoms with van der Waals surface area (Å²) in [6.45, 7) is 1.80. The third-order valence-corrected chi connectivity index (χ3v) is 2.16. The molecule has 2 heterocycles. The van der Waals surface area contributed by atoms with Gasteiger partial charge in [0.15, 0.2) is 0 Å². The minimum atomic E-state index is -0.246. The van der Waals surface area contributed by atoms with Crippen molar-refractivity contribution >= 4 is 22.5 Å². The second kappa shape index (κ2) is 2.81. The van der Waals surface area contributed by atoms with E-state index in [2.05, 4.69) is 15.2 Å². The summed E-state index contributed by atoms with van der Waals surface area (Å²) in [4.78, 5) is 15.3. The highest BCUT2D eigenvalue weighted by Crippen LogP contribution is 2.15. The summed E-state index contributed by atoms with van der Waals surface area (Å²) in [6.07, 6.45) is 1.47. The van der Waals surface area contributed by atoms with Crippen LogP contribution in [0.3, 0.4) is 0 Å². The lowest BCUT2D eigenvalue weighted by Crippen LogP contribution is -2.08. The number of aromatic amines is 1. The first-order valence-corrected chi connectivity index (χ1v) is 4.07. The highest BCUT2D eigenvalue weighted by Gasteiger charge is 2.03. The number of aromatic nitrogens is 3. The van der Waals surface area contributed by atoms with E-state index in [0.29, 0.717) is 16.1 Å². The molecule has 0 aliphatic rings. The van der Waals surface area contributed by atoms with Crippen LogP contribution in [-0.2, 0) is 0 Å². The molecule has 0 radical (unpaired) electrons. The predicted octanol–water partition coefficient (Wildman–Crippen LogP) is 1.28. The minimum Gasteiger partial charge on any atom is -0.267 e. The Labute approximate surface area is 78.6 Å². The van der Waals surface area contributed by atoms with Crippen molar-refractivity contribution in [1.82, 2.24) is 15.2 Å². The average Bonchev–Trinajstić information content (AvgIpc) is 2.09. The van der Waals surface area contributed by atoms with Crippen molar-refractivity contribution < 1.29 is 0 Å². The fraction of sp³-hybridized carbons (Fsp3) is 0.125. The quantitative estimate of drug-likeness (QED) is 0.645. The maximum Gasteiger partial charge on any atom is 0.273 e. The Bertz CT molecular complexity index is 520. The number of hydrogen-bond donors (Lipinski definition) is 1. The van der Waals surface area contributed by atoms with Crippen molar-refractivity contribution in [3.8, 4) is 0 Å². The van der Waals surface area contributed by atoms with Crippen molar-refractivity contribution in [3.63, 3.8) is 0 Å². The van der Waals surface area contributed by atoms with Gasteiger partial charge in [0.1, 0.15) is 5.15 Å². The molecule has 0 atom stereocenters. The Morgan fingerprint density at radius 3 is 3.08 bits per heavy atom. The first kappa shape index (κ1) is 8.19. The van der Waals surface area contributed by atoms with Gasteiger partial charge < -0.3 is 0 Å². The summed E-state index contributed by atoms with van der Waals surface area (Å²) >= 11 is 5.79. The average molecular weight is 196 g/mol. The van der Waals surface area contributed by atoms with Gasteiger partial charge in [0.2, 0.25) is 0 Å². The van der Waals surface area contributed by atoms with Gasteiger partial charge >= 0.3 is 0 Å². The predicted molar refractivity (Wildman–Crippen MR) is 49.9 cm³/mol. The molecule has 66 valence electrons. The van der Waals surface area contributed by atoms with Gasteiger partial charge in [0.25, 0.3) is 5.56 Å². The minimum absolute atomic E-state index is 0.246. The summed E-state index contributed by atoms with van der Waals surface area (Å²) in [6, 6.07) is 1.70. The van der Waals surface area contributed by atoms with E-state index in [1.54, 1.807) is 13.0 Å². The normalized spacial score (nSPS) is 10.6. The first-order valence-electron chi connectivity index (χ1n) is 3.69. The van der Waals surface area contributed by atoms with Crippen molar-refractivity contribution in [3.05, 3.63) is 33.3 Å². The van der Waals surface area contributed by atoms with E-state index < -0.39 is 0 Å². The van der Waals surface area contributed by atoms with Crippen LogP contribution < -0.4 is 5.56 Å². The Balaban J connectivity index is 2.97. The Morgan fingerprint density at radius 2 is 2.31 bits per heavy atom. The number of nitrogens with zero attached hydrogens (tertiary/aromatic N) is 2. The standard InChI is InChI=1S/C8H6ClN3O/c1-4-2-5-6(11-7(4)9)3-10-12-8(5)13/h2-3H,1H3,(H,12,13). The second-order valence-electron chi connectivity index (χ2n) is 2.73. The molecule has 2 rings (SSSR count). The number of hydrogen-bond acceptors (Lipinski definition) is 3. The monoisotopic (exact) mass is 195 g/mol. The van der Waals surface area contributed by atoms with Crippen LogP contribution in [0.15, 0.2) is 17.1 Å². The molecule has 0 bridgehead atoms.